The van der Waals surface area contributed by atoms with Crippen molar-refractivity contribution in [2.45, 2.75) is 63.3 Å². The minimum Gasteiger partial charge on any atom is -0.459 e. The number of furan rings is 1. The van der Waals surface area contributed by atoms with Gasteiger partial charge in [-0.3, -0.25) is 9.59 Å². The Morgan fingerprint density at radius 1 is 1.31 bits per heavy atom. The van der Waals surface area contributed by atoms with Gasteiger partial charge in [-0.05, 0) is 57.2 Å². The number of hydrogen-bond donors (Lipinski definition) is 1. The third kappa shape index (κ3) is 3.07. The summed E-state index contributed by atoms with van der Waals surface area (Å²) in [6.07, 6.45) is 5.12. The van der Waals surface area contributed by atoms with Crippen LogP contribution < -0.4 is 5.56 Å². The van der Waals surface area contributed by atoms with E-state index in [9.17, 15) is 14.7 Å². The molecule has 4 heterocycles. The molecule has 2 atom stereocenters. The lowest BCUT2D eigenvalue weighted by Gasteiger charge is -2.51. The van der Waals surface area contributed by atoms with Crippen molar-refractivity contribution < 1.29 is 14.3 Å². The molecule has 0 aromatic carbocycles. The predicted molar refractivity (Wildman–Crippen MR) is 93.7 cm³/mol. The summed E-state index contributed by atoms with van der Waals surface area (Å²) in [5, 5.41) is 15.5. The van der Waals surface area contributed by atoms with E-state index in [2.05, 4.69) is 5.10 Å². The fourth-order valence-electron chi connectivity index (χ4n) is 4.46. The Balaban J connectivity index is 1.58. The number of piperidine rings is 2. The highest BCUT2D eigenvalue weighted by Gasteiger charge is 2.48. The first-order valence-corrected chi connectivity index (χ1v) is 9.08. The van der Waals surface area contributed by atoms with Gasteiger partial charge in [-0.2, -0.15) is 5.10 Å². The van der Waals surface area contributed by atoms with Crippen LogP contribution in [0.15, 0.2) is 39.7 Å². The number of hydrogen-bond acceptors (Lipinski definition) is 5. The Morgan fingerprint density at radius 3 is 2.69 bits per heavy atom. The van der Waals surface area contributed by atoms with Gasteiger partial charge in [0.2, 0.25) is 0 Å². The number of carbonyl (C=O) groups excluding carboxylic acids is 1. The minimum absolute atomic E-state index is 0.0504. The van der Waals surface area contributed by atoms with Crippen LogP contribution in [0.4, 0.5) is 0 Å². The maximum atomic E-state index is 12.8. The van der Waals surface area contributed by atoms with Crippen molar-refractivity contribution in [1.29, 1.82) is 0 Å². The predicted octanol–water partition coefficient (Wildman–Crippen LogP) is 1.73. The van der Waals surface area contributed by atoms with Gasteiger partial charge in [0.25, 0.3) is 11.5 Å². The monoisotopic (exact) mass is 357 g/mol. The van der Waals surface area contributed by atoms with Crippen molar-refractivity contribution >= 4 is 5.91 Å². The highest BCUT2D eigenvalue weighted by atomic mass is 16.3. The molecular formula is C19H23N3O4. The number of aliphatic hydroxyl groups is 1. The van der Waals surface area contributed by atoms with Crippen LogP contribution in [-0.4, -0.2) is 43.4 Å². The van der Waals surface area contributed by atoms with Crippen LogP contribution in [-0.2, 0) is 6.54 Å². The molecule has 2 saturated heterocycles. The van der Waals surface area contributed by atoms with Crippen LogP contribution >= 0.6 is 0 Å². The van der Waals surface area contributed by atoms with Gasteiger partial charge < -0.3 is 14.4 Å². The molecule has 0 spiro atoms. The van der Waals surface area contributed by atoms with E-state index in [0.717, 1.165) is 25.0 Å². The van der Waals surface area contributed by atoms with Gasteiger partial charge in [-0.1, -0.05) is 0 Å². The fourth-order valence-corrected chi connectivity index (χ4v) is 4.46. The van der Waals surface area contributed by atoms with Gasteiger partial charge in [0.05, 0.1) is 24.1 Å². The molecule has 2 aromatic rings. The number of aromatic nitrogens is 2. The highest BCUT2D eigenvalue weighted by Crippen LogP contribution is 2.40. The summed E-state index contributed by atoms with van der Waals surface area (Å²) in [6, 6.07) is 6.43. The zero-order chi connectivity index (χ0) is 18.3. The SMILES string of the molecule is Cc1ccc(=O)n(CC2(O)C[C@@H]3CCC[C@@H](C2)N3C(=O)c2ccco2)n1. The molecular weight excluding hydrogens is 334 g/mol. The summed E-state index contributed by atoms with van der Waals surface area (Å²) >= 11 is 0. The van der Waals surface area contributed by atoms with Gasteiger partial charge in [0.15, 0.2) is 5.76 Å². The Bertz CT molecular complexity index is 844. The average Bonchev–Trinajstić information content (AvgIpc) is 3.11. The quantitative estimate of drug-likeness (QED) is 0.904. The smallest absolute Gasteiger partial charge is 0.290 e. The normalized spacial score (nSPS) is 28.2. The number of nitrogens with zero attached hydrogens (tertiary/aromatic N) is 3. The summed E-state index contributed by atoms with van der Waals surface area (Å²) in [5.41, 5.74) is -0.526. The molecule has 138 valence electrons. The topological polar surface area (TPSA) is 88.6 Å². The van der Waals surface area contributed by atoms with Crippen LogP contribution in [0.1, 0.15) is 48.4 Å². The molecule has 2 aliphatic rings. The summed E-state index contributed by atoms with van der Waals surface area (Å²) in [5.74, 6) is 0.224. The second kappa shape index (κ2) is 6.39. The van der Waals surface area contributed by atoms with Gasteiger partial charge in [0, 0.05) is 18.2 Å². The van der Waals surface area contributed by atoms with Crippen molar-refractivity contribution in [2.24, 2.45) is 0 Å². The summed E-state index contributed by atoms with van der Waals surface area (Å²) in [6.45, 7) is 1.97. The number of aryl methyl sites for hydroxylation is 1. The first-order valence-electron chi connectivity index (χ1n) is 9.08. The van der Waals surface area contributed by atoms with E-state index in [1.54, 1.807) is 18.2 Å². The molecule has 7 heteroatoms. The molecule has 0 aliphatic carbocycles. The van der Waals surface area contributed by atoms with Gasteiger partial charge in [0.1, 0.15) is 0 Å². The van der Waals surface area contributed by atoms with E-state index in [-0.39, 0.29) is 30.1 Å². The molecule has 0 saturated carbocycles. The lowest BCUT2D eigenvalue weighted by Crippen LogP contribution is -2.61. The lowest BCUT2D eigenvalue weighted by atomic mass is 9.75. The van der Waals surface area contributed by atoms with E-state index >= 15 is 0 Å². The Morgan fingerprint density at radius 2 is 2.04 bits per heavy atom. The van der Waals surface area contributed by atoms with Crippen LogP contribution in [0.25, 0.3) is 0 Å². The van der Waals surface area contributed by atoms with Crippen LogP contribution in [0.2, 0.25) is 0 Å². The molecule has 2 bridgehead atoms. The number of carbonyl (C=O) groups is 1. The molecule has 0 radical (unpaired) electrons. The van der Waals surface area contributed by atoms with Crippen LogP contribution in [0.3, 0.4) is 0 Å². The third-order valence-corrected chi connectivity index (χ3v) is 5.50. The van der Waals surface area contributed by atoms with E-state index in [4.69, 9.17) is 4.42 Å². The summed E-state index contributed by atoms with van der Waals surface area (Å²) in [7, 11) is 0. The number of rotatable bonds is 3. The number of fused-ring (bicyclic) bond motifs is 2. The van der Waals surface area contributed by atoms with E-state index in [0.29, 0.717) is 18.6 Å². The zero-order valence-electron chi connectivity index (χ0n) is 14.8. The second-order valence-electron chi connectivity index (χ2n) is 7.53. The van der Waals surface area contributed by atoms with E-state index < -0.39 is 5.60 Å². The molecule has 2 aliphatic heterocycles. The van der Waals surface area contributed by atoms with E-state index in [1.807, 2.05) is 11.8 Å². The molecule has 0 unspecified atom stereocenters. The van der Waals surface area contributed by atoms with Gasteiger partial charge >= 0.3 is 0 Å². The molecule has 2 fully saturated rings. The maximum Gasteiger partial charge on any atom is 0.290 e. The van der Waals surface area contributed by atoms with Crippen LogP contribution in [0, 0.1) is 6.92 Å². The molecule has 4 rings (SSSR count). The summed E-state index contributed by atoms with van der Waals surface area (Å²) < 4.78 is 6.62. The first-order chi connectivity index (χ1) is 12.5. The molecule has 2 aromatic heterocycles. The second-order valence-corrected chi connectivity index (χ2v) is 7.53. The van der Waals surface area contributed by atoms with Crippen LogP contribution in [0.5, 0.6) is 0 Å². The van der Waals surface area contributed by atoms with Crippen molar-refractivity contribution in [3.05, 3.63) is 52.3 Å². The Kier molecular flexibility index (Phi) is 4.19. The molecule has 26 heavy (non-hydrogen) atoms. The third-order valence-electron chi connectivity index (χ3n) is 5.50. The van der Waals surface area contributed by atoms with Gasteiger partial charge in [-0.25, -0.2) is 4.68 Å². The van der Waals surface area contributed by atoms with Crippen molar-refractivity contribution in [3.63, 3.8) is 0 Å². The summed E-state index contributed by atoms with van der Waals surface area (Å²) in [4.78, 5) is 26.8. The maximum absolute atomic E-state index is 12.8. The average molecular weight is 357 g/mol. The van der Waals surface area contributed by atoms with Crippen molar-refractivity contribution in [2.75, 3.05) is 0 Å². The largest absolute Gasteiger partial charge is 0.459 e. The minimum atomic E-state index is -1.04. The lowest BCUT2D eigenvalue weighted by molar-refractivity contribution is -0.0894. The van der Waals surface area contributed by atoms with Crippen molar-refractivity contribution in [1.82, 2.24) is 14.7 Å². The molecule has 1 N–H and O–H groups in total. The van der Waals surface area contributed by atoms with Crippen molar-refractivity contribution in [3.8, 4) is 0 Å². The van der Waals surface area contributed by atoms with Gasteiger partial charge in [-0.15, -0.1) is 0 Å². The first kappa shape index (κ1) is 17.0. The zero-order valence-corrected chi connectivity index (χ0v) is 14.8. The fraction of sp³-hybridized carbons (Fsp3) is 0.526. The standard InChI is InChI=1S/C19H23N3O4/c1-13-7-8-17(23)21(20-13)12-19(25)10-14-4-2-5-15(11-19)22(14)18(24)16-6-3-9-26-16/h3,6-9,14-15,25H,2,4-5,10-12H2,1H3/t14-,15-/m0/s1. The Hall–Kier alpha value is -2.41. The molecule has 1 amide bonds. The highest BCUT2D eigenvalue weighted by molar-refractivity contribution is 5.92. The Labute approximate surface area is 151 Å². The van der Waals surface area contributed by atoms with E-state index in [1.165, 1.54) is 17.0 Å². The number of amides is 1. The molecule has 7 nitrogen and oxygen atoms in total.